The third-order valence-electron chi connectivity index (χ3n) is 2.10. The summed E-state index contributed by atoms with van der Waals surface area (Å²) in [5, 5.41) is 18.9. The standard InChI is InChI=1S/C9H17NO4/c1-2-8-6(11)5-7(12)9(14-8)13-4-3-10/h2,6-9,11-12H,1,3-5,10H2/t6-,7-,8-,9+/m0/s1. The van der Waals surface area contributed by atoms with Crippen molar-refractivity contribution < 1.29 is 19.7 Å². The molecule has 0 amide bonds. The van der Waals surface area contributed by atoms with E-state index in [4.69, 9.17) is 15.2 Å². The molecule has 4 atom stereocenters. The summed E-state index contributed by atoms with van der Waals surface area (Å²) in [6.07, 6.45) is -1.01. The van der Waals surface area contributed by atoms with Gasteiger partial charge in [0.15, 0.2) is 6.29 Å². The van der Waals surface area contributed by atoms with Crippen LogP contribution in [0.2, 0.25) is 0 Å². The highest BCUT2D eigenvalue weighted by atomic mass is 16.7. The highest BCUT2D eigenvalue weighted by Gasteiger charge is 2.35. The summed E-state index contributed by atoms with van der Waals surface area (Å²) in [6, 6.07) is 0. The largest absolute Gasteiger partial charge is 0.390 e. The molecule has 1 aliphatic heterocycles. The molecule has 1 rings (SSSR count). The van der Waals surface area contributed by atoms with E-state index in [1.165, 1.54) is 6.08 Å². The molecule has 14 heavy (non-hydrogen) atoms. The van der Waals surface area contributed by atoms with Crippen LogP contribution in [0.3, 0.4) is 0 Å². The Morgan fingerprint density at radius 2 is 2.21 bits per heavy atom. The lowest BCUT2D eigenvalue weighted by Crippen LogP contribution is -2.47. The maximum Gasteiger partial charge on any atom is 0.184 e. The molecule has 0 radical (unpaired) electrons. The summed E-state index contributed by atoms with van der Waals surface area (Å²) >= 11 is 0. The molecule has 0 bridgehead atoms. The monoisotopic (exact) mass is 203 g/mol. The van der Waals surface area contributed by atoms with E-state index in [-0.39, 0.29) is 6.42 Å². The third kappa shape index (κ3) is 2.76. The first kappa shape index (κ1) is 11.6. The summed E-state index contributed by atoms with van der Waals surface area (Å²) in [6.45, 7) is 4.22. The minimum Gasteiger partial charge on any atom is -0.390 e. The van der Waals surface area contributed by atoms with Gasteiger partial charge < -0.3 is 25.4 Å². The van der Waals surface area contributed by atoms with Crippen molar-refractivity contribution in [2.24, 2.45) is 5.73 Å². The Morgan fingerprint density at radius 1 is 1.50 bits per heavy atom. The summed E-state index contributed by atoms with van der Waals surface area (Å²) in [4.78, 5) is 0. The highest BCUT2D eigenvalue weighted by Crippen LogP contribution is 2.21. The number of rotatable bonds is 4. The normalized spacial score (nSPS) is 38.2. The highest BCUT2D eigenvalue weighted by molar-refractivity contribution is 4.91. The topological polar surface area (TPSA) is 84.9 Å². The van der Waals surface area contributed by atoms with Crippen molar-refractivity contribution in [1.82, 2.24) is 0 Å². The molecular weight excluding hydrogens is 186 g/mol. The molecule has 1 aliphatic rings. The Bertz CT molecular complexity index is 188. The second-order valence-electron chi connectivity index (χ2n) is 3.23. The van der Waals surface area contributed by atoms with E-state index in [9.17, 15) is 10.2 Å². The minimum absolute atomic E-state index is 0.228. The van der Waals surface area contributed by atoms with Crippen LogP contribution in [-0.4, -0.2) is 48.0 Å². The van der Waals surface area contributed by atoms with Crippen LogP contribution >= 0.6 is 0 Å². The Hall–Kier alpha value is -0.460. The maximum absolute atomic E-state index is 9.49. The molecule has 0 aliphatic carbocycles. The molecule has 1 saturated heterocycles. The first-order valence-corrected chi connectivity index (χ1v) is 4.65. The van der Waals surface area contributed by atoms with Crippen LogP contribution in [0, 0.1) is 0 Å². The van der Waals surface area contributed by atoms with Gasteiger partial charge >= 0.3 is 0 Å². The van der Waals surface area contributed by atoms with E-state index in [0.717, 1.165) is 0 Å². The van der Waals surface area contributed by atoms with Gasteiger partial charge in [0.2, 0.25) is 0 Å². The molecule has 0 unspecified atom stereocenters. The van der Waals surface area contributed by atoms with E-state index in [1.54, 1.807) is 0 Å². The van der Waals surface area contributed by atoms with E-state index in [1.807, 2.05) is 0 Å². The Morgan fingerprint density at radius 3 is 2.79 bits per heavy atom. The second-order valence-corrected chi connectivity index (χ2v) is 3.23. The van der Waals surface area contributed by atoms with Crippen LogP contribution in [0.1, 0.15) is 6.42 Å². The summed E-state index contributed by atoms with van der Waals surface area (Å²) < 4.78 is 10.4. The first-order valence-electron chi connectivity index (χ1n) is 4.65. The molecule has 5 heteroatoms. The number of aliphatic hydroxyl groups excluding tert-OH is 2. The number of ether oxygens (including phenoxy) is 2. The van der Waals surface area contributed by atoms with Crippen LogP contribution < -0.4 is 5.73 Å². The smallest absolute Gasteiger partial charge is 0.184 e. The molecule has 1 fully saturated rings. The van der Waals surface area contributed by atoms with Crippen LogP contribution in [0.4, 0.5) is 0 Å². The van der Waals surface area contributed by atoms with E-state index < -0.39 is 24.6 Å². The average Bonchev–Trinajstić information content (AvgIpc) is 2.17. The Balaban J connectivity index is 2.46. The molecule has 0 aromatic carbocycles. The second kappa shape index (κ2) is 5.43. The van der Waals surface area contributed by atoms with Gasteiger partial charge in [-0.3, -0.25) is 0 Å². The molecule has 0 spiro atoms. The SMILES string of the molecule is C=C[C@@H]1O[C@@H](OCCN)[C@@H](O)C[C@@H]1O. The van der Waals surface area contributed by atoms with Crippen molar-refractivity contribution in [2.45, 2.75) is 31.0 Å². The van der Waals surface area contributed by atoms with Crippen LogP contribution in [0.25, 0.3) is 0 Å². The van der Waals surface area contributed by atoms with Crippen LogP contribution in [0.5, 0.6) is 0 Å². The van der Waals surface area contributed by atoms with Gasteiger partial charge in [-0.05, 0) is 0 Å². The van der Waals surface area contributed by atoms with Crippen molar-refractivity contribution in [2.75, 3.05) is 13.2 Å². The Kier molecular flexibility index (Phi) is 4.50. The fraction of sp³-hybridized carbons (Fsp3) is 0.778. The van der Waals surface area contributed by atoms with Crippen molar-refractivity contribution in [1.29, 1.82) is 0 Å². The quantitative estimate of drug-likeness (QED) is 0.509. The minimum atomic E-state index is -0.812. The zero-order valence-corrected chi connectivity index (χ0v) is 8.00. The lowest BCUT2D eigenvalue weighted by atomic mass is 10.0. The van der Waals surface area contributed by atoms with Crippen LogP contribution in [-0.2, 0) is 9.47 Å². The first-order chi connectivity index (χ1) is 6.69. The number of aliphatic hydroxyl groups is 2. The zero-order chi connectivity index (χ0) is 10.6. The lowest BCUT2D eigenvalue weighted by Gasteiger charge is -2.35. The number of hydrogen-bond acceptors (Lipinski definition) is 5. The molecular formula is C9H17NO4. The van der Waals surface area contributed by atoms with Crippen molar-refractivity contribution in [3.05, 3.63) is 12.7 Å². The van der Waals surface area contributed by atoms with E-state index in [2.05, 4.69) is 6.58 Å². The van der Waals surface area contributed by atoms with Gasteiger partial charge in [0.25, 0.3) is 0 Å². The zero-order valence-electron chi connectivity index (χ0n) is 8.00. The van der Waals surface area contributed by atoms with Gasteiger partial charge in [0.05, 0.1) is 12.7 Å². The molecule has 0 aromatic rings. The molecule has 82 valence electrons. The molecule has 5 nitrogen and oxygen atoms in total. The van der Waals surface area contributed by atoms with Gasteiger partial charge in [-0.1, -0.05) is 6.08 Å². The van der Waals surface area contributed by atoms with Gasteiger partial charge in [0, 0.05) is 13.0 Å². The number of nitrogens with two attached hydrogens (primary N) is 1. The van der Waals surface area contributed by atoms with E-state index >= 15 is 0 Å². The maximum atomic E-state index is 9.49. The summed E-state index contributed by atoms with van der Waals surface area (Å²) in [5.74, 6) is 0. The summed E-state index contributed by atoms with van der Waals surface area (Å²) in [5.41, 5.74) is 5.25. The van der Waals surface area contributed by atoms with Gasteiger partial charge in [-0.15, -0.1) is 6.58 Å². The predicted octanol–water partition coefficient (Wildman–Crippen LogP) is -1.02. The third-order valence-corrected chi connectivity index (χ3v) is 2.10. The fourth-order valence-corrected chi connectivity index (χ4v) is 1.38. The molecule has 0 saturated carbocycles. The fourth-order valence-electron chi connectivity index (χ4n) is 1.38. The predicted molar refractivity (Wildman–Crippen MR) is 50.5 cm³/mol. The Labute approximate surface area is 83.1 Å². The molecule has 0 aromatic heterocycles. The lowest BCUT2D eigenvalue weighted by molar-refractivity contribution is -0.253. The van der Waals surface area contributed by atoms with E-state index in [0.29, 0.717) is 13.2 Å². The summed E-state index contributed by atoms with van der Waals surface area (Å²) in [7, 11) is 0. The van der Waals surface area contributed by atoms with Gasteiger partial charge in [-0.2, -0.15) is 0 Å². The molecule has 4 N–H and O–H groups in total. The van der Waals surface area contributed by atoms with Crippen molar-refractivity contribution in [3.63, 3.8) is 0 Å². The molecule has 1 heterocycles. The van der Waals surface area contributed by atoms with Crippen LogP contribution in [0.15, 0.2) is 12.7 Å². The average molecular weight is 203 g/mol. The van der Waals surface area contributed by atoms with Gasteiger partial charge in [-0.25, -0.2) is 0 Å². The van der Waals surface area contributed by atoms with Gasteiger partial charge in [0.1, 0.15) is 12.2 Å². The van der Waals surface area contributed by atoms with Crippen molar-refractivity contribution in [3.8, 4) is 0 Å². The van der Waals surface area contributed by atoms with Crippen molar-refractivity contribution >= 4 is 0 Å². The number of hydrogen-bond donors (Lipinski definition) is 3.